The standard InChI is InChI=1S/C18H17F4N5O2/c1-17(29,10-26-8-14(9-26)27-7-12(19)6-24-27)16(28)25-13-3-2-11(5-23)15(4-13)18(20,21)22/h2-4,6-7,14,29H,8-10H2,1H3,(H,25,28)/t17-/m0/s1. The number of amides is 1. The van der Waals surface area contributed by atoms with Crippen molar-refractivity contribution in [3.8, 4) is 6.07 Å². The van der Waals surface area contributed by atoms with Crippen LogP contribution in [0, 0.1) is 17.1 Å². The lowest BCUT2D eigenvalue weighted by molar-refractivity contribution is -0.138. The Morgan fingerprint density at radius 2 is 2.10 bits per heavy atom. The van der Waals surface area contributed by atoms with Crippen LogP contribution in [0.2, 0.25) is 0 Å². The van der Waals surface area contributed by atoms with E-state index >= 15 is 0 Å². The summed E-state index contributed by atoms with van der Waals surface area (Å²) < 4.78 is 53.6. The van der Waals surface area contributed by atoms with Gasteiger partial charge in [0.15, 0.2) is 11.4 Å². The number of nitrogens with one attached hydrogen (secondary N) is 1. The molecule has 29 heavy (non-hydrogen) atoms. The van der Waals surface area contributed by atoms with Crippen molar-refractivity contribution in [1.29, 1.82) is 5.26 Å². The molecule has 1 saturated heterocycles. The van der Waals surface area contributed by atoms with Gasteiger partial charge in [0.25, 0.3) is 5.91 Å². The second-order valence-corrected chi connectivity index (χ2v) is 7.08. The van der Waals surface area contributed by atoms with Gasteiger partial charge in [0.2, 0.25) is 0 Å². The molecule has 0 spiro atoms. The molecule has 154 valence electrons. The molecule has 1 atom stereocenters. The zero-order valence-electron chi connectivity index (χ0n) is 15.2. The van der Waals surface area contributed by atoms with Crippen LogP contribution in [0.4, 0.5) is 23.2 Å². The first-order valence-corrected chi connectivity index (χ1v) is 8.57. The van der Waals surface area contributed by atoms with Crippen LogP contribution in [-0.4, -0.2) is 50.9 Å². The van der Waals surface area contributed by atoms with Gasteiger partial charge in [-0.3, -0.25) is 14.4 Å². The van der Waals surface area contributed by atoms with Gasteiger partial charge in [-0.2, -0.15) is 23.5 Å². The maximum atomic E-state index is 13.0. The highest BCUT2D eigenvalue weighted by atomic mass is 19.4. The van der Waals surface area contributed by atoms with Crippen LogP contribution in [0.1, 0.15) is 24.1 Å². The SMILES string of the molecule is C[C@](O)(CN1CC(n2cc(F)cn2)C1)C(=O)Nc1ccc(C#N)c(C(F)(F)F)c1. The fourth-order valence-corrected chi connectivity index (χ4v) is 3.08. The van der Waals surface area contributed by atoms with Gasteiger partial charge in [0.05, 0.1) is 35.6 Å². The fourth-order valence-electron chi connectivity index (χ4n) is 3.08. The molecule has 2 heterocycles. The smallest absolute Gasteiger partial charge is 0.379 e. The van der Waals surface area contributed by atoms with E-state index in [4.69, 9.17) is 5.26 Å². The summed E-state index contributed by atoms with van der Waals surface area (Å²) in [5.41, 5.74) is -3.80. The number of carbonyl (C=O) groups is 1. The number of aliphatic hydroxyl groups is 1. The van der Waals surface area contributed by atoms with E-state index in [1.807, 2.05) is 0 Å². The van der Waals surface area contributed by atoms with Crippen molar-refractivity contribution in [3.05, 3.63) is 47.5 Å². The quantitative estimate of drug-likeness (QED) is 0.736. The molecule has 1 aliphatic rings. The maximum Gasteiger partial charge on any atom is 0.417 e. The van der Waals surface area contributed by atoms with Gasteiger partial charge in [-0.05, 0) is 25.1 Å². The molecular weight excluding hydrogens is 394 g/mol. The highest BCUT2D eigenvalue weighted by molar-refractivity contribution is 5.97. The van der Waals surface area contributed by atoms with E-state index in [2.05, 4.69) is 10.4 Å². The number of β-amino-alcohol motifs (C(OH)–C–C–N with tert-alkyl or cyclic N) is 1. The molecular formula is C18H17F4N5O2. The van der Waals surface area contributed by atoms with Gasteiger partial charge in [-0.15, -0.1) is 0 Å². The van der Waals surface area contributed by atoms with E-state index in [1.165, 1.54) is 23.9 Å². The van der Waals surface area contributed by atoms with E-state index in [0.717, 1.165) is 18.3 Å². The predicted octanol–water partition coefficient (Wildman–Crippen LogP) is 2.16. The maximum absolute atomic E-state index is 13.0. The molecule has 0 unspecified atom stereocenters. The van der Waals surface area contributed by atoms with Crippen molar-refractivity contribution in [2.45, 2.75) is 24.7 Å². The summed E-state index contributed by atoms with van der Waals surface area (Å²) in [6.07, 6.45) is -2.43. The average molecular weight is 411 g/mol. The minimum Gasteiger partial charge on any atom is -0.379 e. The minimum absolute atomic E-state index is 0.0680. The Morgan fingerprint density at radius 3 is 2.66 bits per heavy atom. The highest BCUT2D eigenvalue weighted by Gasteiger charge is 2.39. The zero-order chi connectivity index (χ0) is 21.4. The van der Waals surface area contributed by atoms with Crippen molar-refractivity contribution in [3.63, 3.8) is 0 Å². The van der Waals surface area contributed by atoms with Gasteiger partial charge in [-0.1, -0.05) is 0 Å². The lowest BCUT2D eigenvalue weighted by Gasteiger charge is -2.42. The molecule has 2 N–H and O–H groups in total. The molecule has 1 aromatic heterocycles. The lowest BCUT2D eigenvalue weighted by Crippen LogP contribution is -2.56. The van der Waals surface area contributed by atoms with E-state index in [0.29, 0.717) is 19.2 Å². The minimum atomic E-state index is -4.76. The summed E-state index contributed by atoms with van der Waals surface area (Å²) in [5.74, 6) is -1.35. The van der Waals surface area contributed by atoms with E-state index in [-0.39, 0.29) is 18.3 Å². The Hall–Kier alpha value is -2.97. The molecule has 11 heteroatoms. The molecule has 0 radical (unpaired) electrons. The first kappa shape index (κ1) is 20.8. The molecule has 3 rings (SSSR count). The van der Waals surface area contributed by atoms with Crippen LogP contribution in [0.15, 0.2) is 30.6 Å². The van der Waals surface area contributed by atoms with Gasteiger partial charge in [0, 0.05) is 25.3 Å². The zero-order valence-corrected chi connectivity index (χ0v) is 15.2. The summed E-state index contributed by atoms with van der Waals surface area (Å²) in [7, 11) is 0. The Kier molecular flexibility index (Phi) is 5.34. The highest BCUT2D eigenvalue weighted by Crippen LogP contribution is 2.33. The molecule has 1 fully saturated rings. The number of alkyl halides is 3. The third kappa shape index (κ3) is 4.55. The van der Waals surface area contributed by atoms with E-state index < -0.39 is 34.6 Å². The van der Waals surface area contributed by atoms with Crippen LogP contribution in [0.3, 0.4) is 0 Å². The number of likely N-dealkylation sites (tertiary alicyclic amines) is 1. The van der Waals surface area contributed by atoms with E-state index in [1.54, 1.807) is 4.90 Å². The van der Waals surface area contributed by atoms with Gasteiger partial charge < -0.3 is 10.4 Å². The average Bonchev–Trinajstić information content (AvgIpc) is 3.02. The number of rotatable bonds is 5. The summed E-state index contributed by atoms with van der Waals surface area (Å²) in [6, 6.07) is 4.13. The Balaban J connectivity index is 1.62. The fraction of sp³-hybridized carbons (Fsp3) is 0.389. The summed E-state index contributed by atoms with van der Waals surface area (Å²) >= 11 is 0. The molecule has 1 aliphatic heterocycles. The van der Waals surface area contributed by atoms with Gasteiger partial charge >= 0.3 is 6.18 Å². The van der Waals surface area contributed by atoms with Crippen molar-refractivity contribution in [2.24, 2.45) is 0 Å². The molecule has 0 saturated carbocycles. The second-order valence-electron chi connectivity index (χ2n) is 7.08. The van der Waals surface area contributed by atoms with Crippen LogP contribution < -0.4 is 5.32 Å². The van der Waals surface area contributed by atoms with Crippen LogP contribution >= 0.6 is 0 Å². The lowest BCUT2D eigenvalue weighted by atomic mass is 10.0. The third-order valence-electron chi connectivity index (χ3n) is 4.61. The normalized spacial score (nSPS) is 17.3. The van der Waals surface area contributed by atoms with Crippen LogP contribution in [-0.2, 0) is 11.0 Å². The number of anilines is 1. The molecule has 7 nitrogen and oxygen atoms in total. The molecule has 1 amide bonds. The first-order chi connectivity index (χ1) is 13.5. The molecule has 1 aromatic carbocycles. The number of hydrogen-bond donors (Lipinski definition) is 2. The molecule has 2 aromatic rings. The second kappa shape index (κ2) is 7.46. The number of hydrogen-bond acceptors (Lipinski definition) is 5. The number of benzene rings is 1. The summed E-state index contributed by atoms with van der Waals surface area (Å²) in [4.78, 5) is 14.1. The largest absolute Gasteiger partial charge is 0.417 e. The third-order valence-corrected chi connectivity index (χ3v) is 4.61. The number of halogens is 4. The molecule has 0 bridgehead atoms. The number of aromatic nitrogens is 2. The van der Waals surface area contributed by atoms with Crippen molar-refractivity contribution < 1.29 is 27.5 Å². The van der Waals surface area contributed by atoms with E-state index in [9.17, 15) is 27.5 Å². The van der Waals surface area contributed by atoms with Crippen LogP contribution in [0.25, 0.3) is 0 Å². The number of nitriles is 1. The molecule has 0 aliphatic carbocycles. The number of nitrogens with zero attached hydrogens (tertiary/aromatic N) is 4. The Bertz CT molecular complexity index is 958. The first-order valence-electron chi connectivity index (χ1n) is 8.57. The predicted molar refractivity (Wildman–Crippen MR) is 93.1 cm³/mol. The monoisotopic (exact) mass is 411 g/mol. The van der Waals surface area contributed by atoms with Crippen molar-refractivity contribution in [1.82, 2.24) is 14.7 Å². The number of carbonyl (C=O) groups excluding carboxylic acids is 1. The Labute approximate surface area is 163 Å². The van der Waals surface area contributed by atoms with Gasteiger partial charge in [0.1, 0.15) is 0 Å². The topological polar surface area (TPSA) is 94.2 Å². The Morgan fingerprint density at radius 1 is 1.41 bits per heavy atom. The van der Waals surface area contributed by atoms with Crippen LogP contribution in [0.5, 0.6) is 0 Å². The van der Waals surface area contributed by atoms with Crippen molar-refractivity contribution >= 4 is 11.6 Å². The summed E-state index contributed by atoms with van der Waals surface area (Å²) in [5, 5.41) is 25.4. The van der Waals surface area contributed by atoms with Crippen molar-refractivity contribution in [2.75, 3.05) is 25.0 Å². The van der Waals surface area contributed by atoms with Gasteiger partial charge in [-0.25, -0.2) is 4.39 Å². The summed E-state index contributed by atoms with van der Waals surface area (Å²) in [6.45, 7) is 2.04.